The fourth-order valence-corrected chi connectivity index (χ4v) is 1.03. The van der Waals surface area contributed by atoms with Crippen LogP contribution in [0, 0.1) is 5.41 Å². The van der Waals surface area contributed by atoms with Gasteiger partial charge in [-0.1, -0.05) is 34.6 Å². The van der Waals surface area contributed by atoms with Crippen LogP contribution in [0.1, 0.15) is 41.0 Å². The molecule has 0 radical (unpaired) electrons. The molecule has 0 bridgehead atoms. The lowest BCUT2D eigenvalue weighted by molar-refractivity contribution is -0.159. The Morgan fingerprint density at radius 3 is 1.95 bits per heavy atom. The van der Waals surface area contributed by atoms with Gasteiger partial charge >= 0.3 is 11.9 Å². The Labute approximate surface area is 126 Å². The Balaban J connectivity index is 0. The molecule has 126 valence electrons. The van der Waals surface area contributed by atoms with Crippen molar-refractivity contribution in [2.24, 2.45) is 5.41 Å². The molecule has 0 aromatic heterocycles. The summed E-state index contributed by atoms with van der Waals surface area (Å²) in [7, 11) is 0. The Kier molecular flexibility index (Phi) is 12.1. The fraction of sp³-hybridized carbons (Fsp3) is 0.857. The average Bonchev–Trinajstić information content (AvgIpc) is 2.31. The first kappa shape index (κ1) is 22.1. The largest absolute Gasteiger partial charge is 0.473 e. The lowest BCUT2D eigenvalue weighted by Gasteiger charge is -2.19. The number of carboxylic acid groups (broad SMARTS) is 2. The second-order valence-electron chi connectivity index (χ2n) is 6.21. The van der Waals surface area contributed by atoms with Gasteiger partial charge in [0.05, 0.1) is 12.7 Å². The van der Waals surface area contributed by atoms with Crippen molar-refractivity contribution in [3.05, 3.63) is 0 Å². The highest BCUT2D eigenvalue weighted by Gasteiger charge is 2.10. The minimum atomic E-state index is -1.82. The Bertz CT molecular complexity index is 286. The molecule has 1 unspecified atom stereocenters. The van der Waals surface area contributed by atoms with Crippen molar-refractivity contribution in [1.82, 2.24) is 5.32 Å². The van der Waals surface area contributed by atoms with Gasteiger partial charge in [-0.3, -0.25) is 0 Å². The number of hydrogen-bond donors (Lipinski definition) is 4. The summed E-state index contributed by atoms with van der Waals surface area (Å²) in [6.45, 7) is 12.4. The van der Waals surface area contributed by atoms with Crippen molar-refractivity contribution >= 4 is 11.9 Å². The number of hydrogen-bond acceptors (Lipinski definition) is 5. The molecule has 1 atom stereocenters. The van der Waals surface area contributed by atoms with Crippen molar-refractivity contribution in [3.8, 4) is 0 Å². The molecule has 7 nitrogen and oxygen atoms in total. The van der Waals surface area contributed by atoms with E-state index < -0.39 is 18.0 Å². The zero-order valence-corrected chi connectivity index (χ0v) is 13.5. The van der Waals surface area contributed by atoms with Gasteiger partial charge in [0.15, 0.2) is 0 Å². The van der Waals surface area contributed by atoms with Crippen LogP contribution in [-0.4, -0.2) is 59.2 Å². The second-order valence-corrected chi connectivity index (χ2v) is 6.21. The van der Waals surface area contributed by atoms with Gasteiger partial charge in [0.2, 0.25) is 0 Å². The molecular formula is C14H29NO6. The first-order chi connectivity index (χ1) is 9.45. The summed E-state index contributed by atoms with van der Waals surface area (Å²) in [6, 6.07) is 0.411. The van der Waals surface area contributed by atoms with Gasteiger partial charge in [-0.2, -0.15) is 0 Å². The molecule has 0 saturated heterocycles. The van der Waals surface area contributed by atoms with Crippen molar-refractivity contribution < 1.29 is 29.6 Å². The first-order valence-corrected chi connectivity index (χ1v) is 6.91. The minimum Gasteiger partial charge on any atom is -0.473 e. The predicted octanol–water partition coefficient (Wildman–Crippen LogP) is 0.954. The lowest BCUT2D eigenvalue weighted by atomic mass is 9.93. The highest BCUT2D eigenvalue weighted by molar-refractivity contribution is 6.27. The molecular weight excluding hydrogens is 278 g/mol. The predicted molar refractivity (Wildman–Crippen MR) is 79.3 cm³/mol. The van der Waals surface area contributed by atoms with Crippen LogP contribution in [0.5, 0.6) is 0 Å². The van der Waals surface area contributed by atoms with Crippen LogP contribution >= 0.6 is 0 Å². The van der Waals surface area contributed by atoms with Crippen LogP contribution in [-0.2, 0) is 14.3 Å². The molecule has 0 aliphatic heterocycles. The van der Waals surface area contributed by atoms with Gasteiger partial charge in [0, 0.05) is 19.2 Å². The van der Waals surface area contributed by atoms with Gasteiger partial charge in [-0.15, -0.1) is 0 Å². The first-order valence-electron chi connectivity index (χ1n) is 6.91. The summed E-state index contributed by atoms with van der Waals surface area (Å²) >= 11 is 0. The molecule has 0 spiro atoms. The quantitative estimate of drug-likeness (QED) is 0.409. The number of carboxylic acids is 2. The van der Waals surface area contributed by atoms with Crippen molar-refractivity contribution in [2.75, 3.05) is 19.8 Å². The summed E-state index contributed by atoms with van der Waals surface area (Å²) in [5, 5.41) is 27.5. The number of ether oxygens (including phenoxy) is 1. The standard InChI is InChI=1S/C12H27NO2.C2H2O4/c1-10(2)13-8-11(14)9-15-7-6-12(3,4)5;3-1(4)2(5)6/h10-11,13-14H,6-9H2,1-5H3;(H,3,4)(H,5,6). The van der Waals surface area contributed by atoms with E-state index in [0.717, 1.165) is 13.0 Å². The zero-order chi connectivity index (χ0) is 17.1. The maximum absolute atomic E-state index is 9.54. The highest BCUT2D eigenvalue weighted by atomic mass is 16.5. The van der Waals surface area contributed by atoms with Gasteiger partial charge in [-0.25, -0.2) is 9.59 Å². The van der Waals surface area contributed by atoms with Gasteiger partial charge < -0.3 is 25.4 Å². The second kappa shape index (κ2) is 11.5. The topological polar surface area (TPSA) is 116 Å². The zero-order valence-electron chi connectivity index (χ0n) is 13.5. The summed E-state index contributed by atoms with van der Waals surface area (Å²) in [6.07, 6.45) is 0.629. The van der Waals surface area contributed by atoms with Gasteiger partial charge in [-0.05, 0) is 11.8 Å². The molecule has 7 heteroatoms. The Morgan fingerprint density at radius 1 is 1.14 bits per heavy atom. The maximum Gasteiger partial charge on any atom is 0.414 e. The lowest BCUT2D eigenvalue weighted by Crippen LogP contribution is -2.34. The SMILES string of the molecule is CC(C)NCC(O)COCCC(C)(C)C.O=C(O)C(=O)O. The van der Waals surface area contributed by atoms with Crippen molar-refractivity contribution in [1.29, 1.82) is 0 Å². The van der Waals surface area contributed by atoms with E-state index in [1.807, 2.05) is 0 Å². The summed E-state index contributed by atoms with van der Waals surface area (Å²) < 4.78 is 5.41. The Hall–Kier alpha value is -1.18. The number of carbonyl (C=O) groups is 2. The minimum absolute atomic E-state index is 0.307. The van der Waals surface area contributed by atoms with E-state index in [4.69, 9.17) is 24.5 Å². The summed E-state index contributed by atoms with van der Waals surface area (Å²) in [5.74, 6) is -3.65. The summed E-state index contributed by atoms with van der Waals surface area (Å²) in [5.41, 5.74) is 0.307. The third kappa shape index (κ3) is 21.3. The molecule has 0 aromatic rings. The van der Waals surface area contributed by atoms with Crippen molar-refractivity contribution in [3.63, 3.8) is 0 Å². The average molecular weight is 307 g/mol. The van der Waals surface area contributed by atoms with E-state index in [0.29, 0.717) is 24.6 Å². The van der Waals surface area contributed by atoms with E-state index in [-0.39, 0.29) is 0 Å². The van der Waals surface area contributed by atoms with Gasteiger partial charge in [0.1, 0.15) is 0 Å². The number of aliphatic hydroxyl groups excluding tert-OH is 1. The van der Waals surface area contributed by atoms with E-state index >= 15 is 0 Å². The molecule has 4 N–H and O–H groups in total. The van der Waals surface area contributed by atoms with Crippen LogP contribution in [0.3, 0.4) is 0 Å². The molecule has 0 aliphatic carbocycles. The number of rotatable bonds is 7. The van der Waals surface area contributed by atoms with Gasteiger partial charge in [0.25, 0.3) is 0 Å². The van der Waals surface area contributed by atoms with Crippen LogP contribution in [0.25, 0.3) is 0 Å². The van der Waals surface area contributed by atoms with E-state index in [1.165, 1.54) is 0 Å². The fourth-order valence-electron chi connectivity index (χ4n) is 1.03. The monoisotopic (exact) mass is 307 g/mol. The summed E-state index contributed by atoms with van der Waals surface area (Å²) in [4.78, 5) is 18.2. The highest BCUT2D eigenvalue weighted by Crippen LogP contribution is 2.17. The van der Waals surface area contributed by atoms with E-state index in [1.54, 1.807) is 0 Å². The van der Waals surface area contributed by atoms with Crippen molar-refractivity contribution in [2.45, 2.75) is 53.2 Å². The third-order valence-electron chi connectivity index (χ3n) is 2.25. The molecule has 0 amide bonds. The molecule has 0 fully saturated rings. The molecule has 21 heavy (non-hydrogen) atoms. The molecule has 0 aliphatic rings. The molecule has 0 rings (SSSR count). The normalized spacial score (nSPS) is 12.5. The molecule has 0 aromatic carbocycles. The molecule has 0 saturated carbocycles. The van der Waals surface area contributed by atoms with E-state index in [2.05, 4.69) is 39.9 Å². The molecule has 0 heterocycles. The third-order valence-corrected chi connectivity index (χ3v) is 2.25. The van der Waals surface area contributed by atoms with Crippen LogP contribution in [0.4, 0.5) is 0 Å². The van der Waals surface area contributed by atoms with Crippen LogP contribution in [0.2, 0.25) is 0 Å². The number of nitrogens with one attached hydrogen (secondary N) is 1. The smallest absolute Gasteiger partial charge is 0.414 e. The Morgan fingerprint density at radius 2 is 1.62 bits per heavy atom. The number of aliphatic carboxylic acids is 2. The number of aliphatic hydroxyl groups is 1. The van der Waals surface area contributed by atoms with E-state index in [9.17, 15) is 5.11 Å². The maximum atomic E-state index is 9.54. The van der Waals surface area contributed by atoms with Crippen LogP contribution < -0.4 is 5.32 Å². The van der Waals surface area contributed by atoms with Crippen LogP contribution in [0.15, 0.2) is 0 Å².